The molecule has 1 saturated carbocycles. The van der Waals surface area contributed by atoms with Gasteiger partial charge < -0.3 is 5.11 Å². The van der Waals surface area contributed by atoms with Gasteiger partial charge in [0, 0.05) is 5.56 Å². The lowest BCUT2D eigenvalue weighted by atomic mass is 9.76. The first-order valence-corrected chi connectivity index (χ1v) is 5.90. The first-order chi connectivity index (χ1) is 8.10. The number of rotatable bonds is 3. The van der Waals surface area contributed by atoms with Crippen LogP contribution in [0.1, 0.15) is 47.2 Å². The van der Waals surface area contributed by atoms with E-state index in [1.54, 1.807) is 12.1 Å². The Hall–Kier alpha value is -1.64. The molecule has 1 N–H and O–H groups in total. The van der Waals surface area contributed by atoms with Gasteiger partial charge in [-0.3, -0.25) is 9.59 Å². The van der Waals surface area contributed by atoms with Crippen molar-refractivity contribution in [2.75, 3.05) is 0 Å². The maximum absolute atomic E-state index is 11.6. The van der Waals surface area contributed by atoms with Gasteiger partial charge in [0.15, 0.2) is 0 Å². The number of aliphatic carboxylic acids is 1. The zero-order valence-electron chi connectivity index (χ0n) is 9.90. The van der Waals surface area contributed by atoms with E-state index in [0.717, 1.165) is 24.7 Å². The zero-order chi connectivity index (χ0) is 12.5. The second-order valence-electron chi connectivity index (χ2n) is 4.80. The van der Waals surface area contributed by atoms with Gasteiger partial charge in [0.25, 0.3) is 0 Å². The highest BCUT2D eigenvalue weighted by Crippen LogP contribution is 2.42. The Labute approximate surface area is 100 Å². The molecule has 0 aliphatic heterocycles. The van der Waals surface area contributed by atoms with Crippen molar-refractivity contribution in [2.24, 2.45) is 0 Å². The first-order valence-electron chi connectivity index (χ1n) is 5.90. The van der Waals surface area contributed by atoms with Gasteiger partial charge in [0.1, 0.15) is 6.29 Å². The summed E-state index contributed by atoms with van der Waals surface area (Å²) in [5.74, 6) is -0.804. The van der Waals surface area contributed by atoms with Crippen LogP contribution < -0.4 is 0 Å². The van der Waals surface area contributed by atoms with Crippen LogP contribution in [0.5, 0.6) is 0 Å². The highest BCUT2D eigenvalue weighted by Gasteiger charge is 2.44. The third kappa shape index (κ3) is 1.86. The molecule has 1 fully saturated rings. The lowest BCUT2D eigenvalue weighted by Crippen LogP contribution is -2.33. The summed E-state index contributed by atoms with van der Waals surface area (Å²) < 4.78 is 0. The molecule has 0 heterocycles. The fourth-order valence-electron chi connectivity index (χ4n) is 2.79. The van der Waals surface area contributed by atoms with Gasteiger partial charge in [-0.05, 0) is 31.4 Å². The monoisotopic (exact) mass is 232 g/mol. The summed E-state index contributed by atoms with van der Waals surface area (Å²) >= 11 is 0. The second-order valence-corrected chi connectivity index (χ2v) is 4.80. The van der Waals surface area contributed by atoms with Gasteiger partial charge in [-0.2, -0.15) is 0 Å². The Kier molecular flexibility index (Phi) is 3.01. The van der Waals surface area contributed by atoms with Crippen LogP contribution in [0.4, 0.5) is 0 Å². The van der Waals surface area contributed by atoms with E-state index in [4.69, 9.17) is 0 Å². The minimum Gasteiger partial charge on any atom is -0.481 e. The Balaban J connectivity index is 2.57. The molecule has 0 atom stereocenters. The molecule has 90 valence electrons. The molecule has 1 aromatic carbocycles. The standard InChI is InChI=1S/C14H16O3/c1-10-4-5-12(11(8-10)9-15)14(13(16)17)6-2-3-7-14/h4-5,8-9H,2-3,6-7H2,1H3,(H,16,17). The van der Waals surface area contributed by atoms with Gasteiger partial charge in [0.2, 0.25) is 0 Å². The minimum atomic E-state index is -0.843. The van der Waals surface area contributed by atoms with E-state index in [1.807, 2.05) is 13.0 Å². The summed E-state index contributed by atoms with van der Waals surface area (Å²) in [7, 11) is 0. The molecule has 0 spiro atoms. The molecule has 0 saturated heterocycles. The third-order valence-electron chi connectivity index (χ3n) is 3.72. The van der Waals surface area contributed by atoms with Crippen LogP contribution in [0.15, 0.2) is 18.2 Å². The highest BCUT2D eigenvalue weighted by molar-refractivity contribution is 5.87. The molecule has 17 heavy (non-hydrogen) atoms. The number of hydrogen-bond donors (Lipinski definition) is 1. The SMILES string of the molecule is Cc1ccc(C2(C(=O)O)CCCC2)c(C=O)c1. The molecule has 1 aliphatic carbocycles. The van der Waals surface area contributed by atoms with E-state index in [1.165, 1.54) is 0 Å². The summed E-state index contributed by atoms with van der Waals surface area (Å²) in [4.78, 5) is 22.7. The van der Waals surface area contributed by atoms with E-state index < -0.39 is 11.4 Å². The van der Waals surface area contributed by atoms with E-state index >= 15 is 0 Å². The van der Waals surface area contributed by atoms with Crippen molar-refractivity contribution in [2.45, 2.75) is 38.0 Å². The molecule has 0 radical (unpaired) electrons. The summed E-state index contributed by atoms with van der Waals surface area (Å²) in [5.41, 5.74) is 1.34. The van der Waals surface area contributed by atoms with E-state index in [-0.39, 0.29) is 0 Å². The molecule has 1 aliphatic rings. The van der Waals surface area contributed by atoms with Crippen LogP contribution in [-0.2, 0) is 10.2 Å². The number of carbonyl (C=O) groups excluding carboxylic acids is 1. The quantitative estimate of drug-likeness (QED) is 0.815. The average Bonchev–Trinajstić information content (AvgIpc) is 2.79. The Morgan fingerprint density at radius 2 is 2.00 bits per heavy atom. The molecular formula is C14H16O3. The van der Waals surface area contributed by atoms with Gasteiger partial charge in [-0.25, -0.2) is 0 Å². The largest absolute Gasteiger partial charge is 0.481 e. The number of benzene rings is 1. The highest BCUT2D eigenvalue weighted by atomic mass is 16.4. The predicted octanol–water partition coefficient (Wildman–Crippen LogP) is 2.70. The van der Waals surface area contributed by atoms with E-state index in [9.17, 15) is 14.7 Å². The number of aryl methyl sites for hydroxylation is 1. The maximum atomic E-state index is 11.6. The van der Waals surface area contributed by atoms with Crippen LogP contribution in [0.3, 0.4) is 0 Å². The van der Waals surface area contributed by atoms with Gasteiger partial charge >= 0.3 is 5.97 Å². The van der Waals surface area contributed by atoms with Crippen LogP contribution >= 0.6 is 0 Å². The van der Waals surface area contributed by atoms with Crippen molar-refractivity contribution in [3.05, 3.63) is 34.9 Å². The topological polar surface area (TPSA) is 54.4 Å². The predicted molar refractivity (Wildman–Crippen MR) is 64.3 cm³/mol. The number of carbonyl (C=O) groups is 2. The summed E-state index contributed by atoms with van der Waals surface area (Å²) in [6.07, 6.45) is 3.86. The summed E-state index contributed by atoms with van der Waals surface area (Å²) in [6.45, 7) is 1.90. The second kappa shape index (κ2) is 4.32. The summed E-state index contributed by atoms with van der Waals surface area (Å²) in [5, 5.41) is 9.49. The van der Waals surface area contributed by atoms with Crippen molar-refractivity contribution < 1.29 is 14.7 Å². The fraction of sp³-hybridized carbons (Fsp3) is 0.429. The molecule has 2 rings (SSSR count). The van der Waals surface area contributed by atoms with Crippen LogP contribution in [0.25, 0.3) is 0 Å². The molecule has 0 bridgehead atoms. The smallest absolute Gasteiger partial charge is 0.314 e. The third-order valence-corrected chi connectivity index (χ3v) is 3.72. The molecule has 3 heteroatoms. The van der Waals surface area contributed by atoms with Crippen molar-refractivity contribution in [3.8, 4) is 0 Å². The Morgan fingerprint density at radius 3 is 2.53 bits per heavy atom. The molecule has 0 amide bonds. The number of hydrogen-bond acceptors (Lipinski definition) is 2. The van der Waals surface area contributed by atoms with Crippen LogP contribution in [0, 0.1) is 6.92 Å². The summed E-state index contributed by atoms with van der Waals surface area (Å²) in [6, 6.07) is 5.45. The number of carboxylic acid groups (broad SMARTS) is 1. The van der Waals surface area contributed by atoms with Crippen molar-refractivity contribution in [1.82, 2.24) is 0 Å². The normalized spacial score (nSPS) is 17.9. The minimum absolute atomic E-state index is 0.523. The van der Waals surface area contributed by atoms with Gasteiger partial charge in [0.05, 0.1) is 5.41 Å². The molecule has 1 aromatic rings. The number of aldehydes is 1. The van der Waals surface area contributed by atoms with Gasteiger partial charge in [-0.1, -0.05) is 30.5 Å². The van der Waals surface area contributed by atoms with Crippen LogP contribution in [0.2, 0.25) is 0 Å². The molecule has 3 nitrogen and oxygen atoms in total. The fourth-order valence-corrected chi connectivity index (χ4v) is 2.79. The van der Waals surface area contributed by atoms with E-state index in [0.29, 0.717) is 24.0 Å². The number of carboxylic acids is 1. The van der Waals surface area contributed by atoms with Crippen molar-refractivity contribution in [1.29, 1.82) is 0 Å². The maximum Gasteiger partial charge on any atom is 0.314 e. The Bertz CT molecular complexity index is 457. The van der Waals surface area contributed by atoms with Crippen molar-refractivity contribution >= 4 is 12.3 Å². The molecular weight excluding hydrogens is 216 g/mol. The first kappa shape index (κ1) is 11.8. The lowest BCUT2D eigenvalue weighted by molar-refractivity contribution is -0.143. The lowest BCUT2D eigenvalue weighted by Gasteiger charge is -2.26. The average molecular weight is 232 g/mol. The molecule has 0 unspecified atom stereocenters. The van der Waals surface area contributed by atoms with Crippen LogP contribution in [-0.4, -0.2) is 17.4 Å². The zero-order valence-corrected chi connectivity index (χ0v) is 9.90. The molecule has 0 aromatic heterocycles. The van der Waals surface area contributed by atoms with E-state index in [2.05, 4.69) is 0 Å². The van der Waals surface area contributed by atoms with Crippen molar-refractivity contribution in [3.63, 3.8) is 0 Å². The van der Waals surface area contributed by atoms with Gasteiger partial charge in [-0.15, -0.1) is 0 Å². The Morgan fingerprint density at radius 1 is 1.35 bits per heavy atom.